The Morgan fingerprint density at radius 3 is 2.24 bits per heavy atom. The molecule has 134 valence electrons. The molecule has 7 heteroatoms. The molecule has 0 saturated heterocycles. The molecule has 0 unspecified atom stereocenters. The van der Waals surface area contributed by atoms with Crippen LogP contribution in [0.5, 0.6) is 0 Å². The van der Waals surface area contributed by atoms with Gasteiger partial charge in [-0.2, -0.15) is 0 Å². The van der Waals surface area contributed by atoms with Crippen LogP contribution in [0, 0.1) is 0 Å². The van der Waals surface area contributed by atoms with E-state index in [2.05, 4.69) is 25.5 Å². The molecule has 0 spiro atoms. The Bertz CT molecular complexity index is 667. The van der Waals surface area contributed by atoms with Crippen molar-refractivity contribution in [2.24, 2.45) is 0 Å². The fourth-order valence-electron chi connectivity index (χ4n) is 2.18. The van der Waals surface area contributed by atoms with Gasteiger partial charge in [-0.3, -0.25) is 4.79 Å². The molecule has 2 N–H and O–H groups in total. The standard InChI is InChI=1S/C18H26N6O/c1-23(2)11-5-10-19-17(25)14-12-20-18(21-13-14)22-15-6-8-16(9-7-15)24(3)4/h6-9,12-13H,5,10-11H2,1-4H3,(H,19,25)(H,20,21,22). The fourth-order valence-corrected chi connectivity index (χ4v) is 2.18. The van der Waals surface area contributed by atoms with E-state index in [1.54, 1.807) is 0 Å². The lowest BCUT2D eigenvalue weighted by molar-refractivity contribution is 0.0951. The Balaban J connectivity index is 1.87. The van der Waals surface area contributed by atoms with Gasteiger partial charge in [0, 0.05) is 44.4 Å². The number of amides is 1. The van der Waals surface area contributed by atoms with Gasteiger partial charge in [-0.15, -0.1) is 0 Å². The Hall–Kier alpha value is -2.67. The molecule has 0 fully saturated rings. The molecule has 0 bridgehead atoms. The number of hydrogen-bond acceptors (Lipinski definition) is 6. The molecule has 0 atom stereocenters. The SMILES string of the molecule is CN(C)CCCNC(=O)c1cnc(Nc2ccc(N(C)C)cc2)nc1. The van der Waals surface area contributed by atoms with Crippen molar-refractivity contribution in [3.8, 4) is 0 Å². The highest BCUT2D eigenvalue weighted by molar-refractivity contribution is 5.93. The van der Waals surface area contributed by atoms with Crippen LogP contribution in [0.3, 0.4) is 0 Å². The van der Waals surface area contributed by atoms with Crippen molar-refractivity contribution < 1.29 is 4.79 Å². The number of carbonyl (C=O) groups is 1. The van der Waals surface area contributed by atoms with Crippen LogP contribution in [0.4, 0.5) is 17.3 Å². The number of nitrogens with zero attached hydrogens (tertiary/aromatic N) is 4. The maximum absolute atomic E-state index is 12.0. The van der Waals surface area contributed by atoms with Gasteiger partial charge >= 0.3 is 0 Å². The van der Waals surface area contributed by atoms with Gasteiger partial charge in [0.15, 0.2) is 0 Å². The summed E-state index contributed by atoms with van der Waals surface area (Å²) >= 11 is 0. The Kier molecular flexibility index (Phi) is 6.71. The first-order chi connectivity index (χ1) is 12.0. The molecule has 2 aromatic rings. The molecular weight excluding hydrogens is 316 g/mol. The Morgan fingerprint density at radius 2 is 1.68 bits per heavy atom. The molecule has 0 aliphatic rings. The number of nitrogens with one attached hydrogen (secondary N) is 2. The molecule has 1 amide bonds. The van der Waals surface area contributed by atoms with Crippen LogP contribution in [-0.2, 0) is 0 Å². The van der Waals surface area contributed by atoms with E-state index in [0.717, 1.165) is 24.3 Å². The van der Waals surface area contributed by atoms with Gasteiger partial charge in [-0.05, 0) is 51.3 Å². The van der Waals surface area contributed by atoms with Gasteiger partial charge in [-0.1, -0.05) is 0 Å². The first kappa shape index (κ1) is 18.7. The number of hydrogen-bond donors (Lipinski definition) is 2. The highest BCUT2D eigenvalue weighted by Gasteiger charge is 2.07. The smallest absolute Gasteiger partial charge is 0.254 e. The van der Waals surface area contributed by atoms with Crippen LogP contribution in [0.25, 0.3) is 0 Å². The van der Waals surface area contributed by atoms with Crippen LogP contribution in [-0.4, -0.2) is 62.1 Å². The Morgan fingerprint density at radius 1 is 1.04 bits per heavy atom. The van der Waals surface area contributed by atoms with Crippen molar-refractivity contribution in [3.63, 3.8) is 0 Å². The predicted molar refractivity (Wildman–Crippen MR) is 102 cm³/mol. The minimum absolute atomic E-state index is 0.152. The van der Waals surface area contributed by atoms with E-state index in [-0.39, 0.29) is 5.91 Å². The summed E-state index contributed by atoms with van der Waals surface area (Å²) < 4.78 is 0. The average molecular weight is 342 g/mol. The fraction of sp³-hybridized carbons (Fsp3) is 0.389. The number of benzene rings is 1. The van der Waals surface area contributed by atoms with E-state index in [9.17, 15) is 4.79 Å². The lowest BCUT2D eigenvalue weighted by Crippen LogP contribution is -2.27. The van der Waals surface area contributed by atoms with Gasteiger partial charge in [0.1, 0.15) is 0 Å². The van der Waals surface area contributed by atoms with Crippen molar-refractivity contribution >= 4 is 23.2 Å². The second kappa shape index (κ2) is 8.98. The monoisotopic (exact) mass is 342 g/mol. The van der Waals surface area contributed by atoms with Crippen LogP contribution >= 0.6 is 0 Å². The predicted octanol–water partition coefficient (Wildman–Crippen LogP) is 1.97. The van der Waals surface area contributed by atoms with Gasteiger partial charge in [-0.25, -0.2) is 9.97 Å². The summed E-state index contributed by atoms with van der Waals surface area (Å²) in [5.41, 5.74) is 2.47. The number of aromatic nitrogens is 2. The van der Waals surface area contributed by atoms with E-state index in [1.807, 2.05) is 57.4 Å². The highest BCUT2D eigenvalue weighted by Crippen LogP contribution is 2.17. The quantitative estimate of drug-likeness (QED) is 0.715. The minimum atomic E-state index is -0.152. The van der Waals surface area contributed by atoms with E-state index >= 15 is 0 Å². The van der Waals surface area contributed by atoms with Gasteiger partial charge in [0.25, 0.3) is 5.91 Å². The summed E-state index contributed by atoms with van der Waals surface area (Å²) in [6.07, 6.45) is 3.97. The van der Waals surface area contributed by atoms with E-state index in [1.165, 1.54) is 12.4 Å². The third kappa shape index (κ3) is 6.04. The summed E-state index contributed by atoms with van der Waals surface area (Å²) in [7, 11) is 8.01. The molecule has 1 heterocycles. The van der Waals surface area contributed by atoms with Crippen molar-refractivity contribution in [1.82, 2.24) is 20.2 Å². The Labute approximate surface area is 149 Å². The molecule has 1 aromatic heterocycles. The molecule has 7 nitrogen and oxygen atoms in total. The van der Waals surface area contributed by atoms with Crippen molar-refractivity contribution in [2.45, 2.75) is 6.42 Å². The molecule has 0 saturated carbocycles. The average Bonchev–Trinajstić information content (AvgIpc) is 2.59. The molecule has 1 aromatic carbocycles. The zero-order valence-corrected chi connectivity index (χ0v) is 15.3. The molecule has 2 rings (SSSR count). The maximum Gasteiger partial charge on any atom is 0.254 e. The number of anilines is 3. The van der Waals surface area contributed by atoms with Gasteiger partial charge < -0.3 is 20.4 Å². The van der Waals surface area contributed by atoms with Crippen LogP contribution in [0.15, 0.2) is 36.7 Å². The summed E-state index contributed by atoms with van der Waals surface area (Å²) in [5, 5.41) is 5.99. The zero-order valence-electron chi connectivity index (χ0n) is 15.3. The van der Waals surface area contributed by atoms with Crippen molar-refractivity contribution in [1.29, 1.82) is 0 Å². The summed E-state index contributed by atoms with van der Waals surface area (Å²) in [6.45, 7) is 1.57. The minimum Gasteiger partial charge on any atom is -0.378 e. The van der Waals surface area contributed by atoms with Gasteiger partial charge in [0.05, 0.1) is 5.56 Å². The topological polar surface area (TPSA) is 73.4 Å². The maximum atomic E-state index is 12.0. The first-order valence-corrected chi connectivity index (χ1v) is 8.25. The highest BCUT2D eigenvalue weighted by atomic mass is 16.1. The molecular formula is C18H26N6O. The van der Waals surface area contributed by atoms with E-state index in [4.69, 9.17) is 0 Å². The van der Waals surface area contributed by atoms with Gasteiger partial charge in [0.2, 0.25) is 5.95 Å². The second-order valence-electron chi connectivity index (χ2n) is 6.27. The summed E-state index contributed by atoms with van der Waals surface area (Å²) in [5.74, 6) is 0.308. The number of rotatable bonds is 8. The largest absolute Gasteiger partial charge is 0.378 e. The molecule has 0 aliphatic heterocycles. The molecule has 0 radical (unpaired) electrons. The van der Waals surface area contributed by atoms with Crippen molar-refractivity contribution in [2.75, 3.05) is 51.5 Å². The van der Waals surface area contributed by atoms with Crippen LogP contribution in [0.2, 0.25) is 0 Å². The summed E-state index contributed by atoms with van der Waals surface area (Å²) in [4.78, 5) is 24.6. The molecule has 0 aliphatic carbocycles. The zero-order chi connectivity index (χ0) is 18.2. The first-order valence-electron chi connectivity index (χ1n) is 8.25. The second-order valence-corrected chi connectivity index (χ2v) is 6.27. The van der Waals surface area contributed by atoms with Crippen LogP contribution < -0.4 is 15.5 Å². The third-order valence-corrected chi connectivity index (χ3v) is 3.62. The van der Waals surface area contributed by atoms with Crippen LogP contribution in [0.1, 0.15) is 16.8 Å². The molecule has 25 heavy (non-hydrogen) atoms. The third-order valence-electron chi connectivity index (χ3n) is 3.62. The summed E-state index contributed by atoms with van der Waals surface area (Å²) in [6, 6.07) is 7.95. The van der Waals surface area contributed by atoms with Crippen molar-refractivity contribution in [3.05, 3.63) is 42.2 Å². The lowest BCUT2D eigenvalue weighted by atomic mass is 10.2. The normalized spacial score (nSPS) is 10.6. The number of carbonyl (C=O) groups excluding carboxylic acids is 1. The van der Waals surface area contributed by atoms with E-state index < -0.39 is 0 Å². The lowest BCUT2D eigenvalue weighted by Gasteiger charge is -2.13. The van der Waals surface area contributed by atoms with E-state index in [0.29, 0.717) is 18.1 Å².